The van der Waals surface area contributed by atoms with Crippen molar-refractivity contribution in [1.82, 2.24) is 4.90 Å². The fraction of sp³-hybridized carbons (Fsp3) is 0.588. The van der Waals surface area contributed by atoms with Crippen LogP contribution in [0, 0.1) is 0 Å². The Labute approximate surface area is 127 Å². The first kappa shape index (κ1) is 17.5. The van der Waals surface area contributed by atoms with Gasteiger partial charge >= 0.3 is 5.97 Å². The standard InChI is InChI=1S/C17H27NO3/c1-13(16(19)20)18(5)10-7-11-21-15-9-6-8-14(12-15)17(2,3)4/h6,8-9,12-13H,7,10-11H2,1-5H3,(H,19,20). The molecule has 0 aromatic heterocycles. The summed E-state index contributed by atoms with van der Waals surface area (Å²) in [4.78, 5) is 12.7. The van der Waals surface area contributed by atoms with E-state index in [0.29, 0.717) is 13.2 Å². The van der Waals surface area contributed by atoms with Gasteiger partial charge in [0, 0.05) is 6.54 Å². The van der Waals surface area contributed by atoms with Gasteiger partial charge in [-0.15, -0.1) is 0 Å². The van der Waals surface area contributed by atoms with Crippen LogP contribution in [0.4, 0.5) is 0 Å². The second-order valence-electron chi connectivity index (χ2n) is 6.47. The van der Waals surface area contributed by atoms with E-state index in [1.807, 2.05) is 24.1 Å². The van der Waals surface area contributed by atoms with E-state index >= 15 is 0 Å². The number of rotatable bonds is 7. The fourth-order valence-electron chi connectivity index (χ4n) is 1.94. The zero-order valence-corrected chi connectivity index (χ0v) is 13.7. The summed E-state index contributed by atoms with van der Waals surface area (Å²) in [5.41, 5.74) is 1.35. The van der Waals surface area contributed by atoms with E-state index in [1.54, 1.807) is 6.92 Å². The molecule has 0 radical (unpaired) electrons. The lowest BCUT2D eigenvalue weighted by molar-refractivity contribution is -0.142. The molecule has 1 unspecified atom stereocenters. The maximum Gasteiger partial charge on any atom is 0.320 e. The van der Waals surface area contributed by atoms with Crippen LogP contribution in [0.1, 0.15) is 39.7 Å². The number of carboxylic acids is 1. The van der Waals surface area contributed by atoms with Crippen molar-refractivity contribution in [2.24, 2.45) is 0 Å². The van der Waals surface area contributed by atoms with Gasteiger partial charge in [0.05, 0.1) is 6.61 Å². The molecule has 4 nitrogen and oxygen atoms in total. The van der Waals surface area contributed by atoms with Crippen LogP contribution >= 0.6 is 0 Å². The number of carboxylic acid groups (broad SMARTS) is 1. The van der Waals surface area contributed by atoms with Gasteiger partial charge in [-0.2, -0.15) is 0 Å². The molecule has 0 saturated carbocycles. The second kappa shape index (κ2) is 7.46. The number of ether oxygens (including phenoxy) is 1. The minimum atomic E-state index is -0.795. The highest BCUT2D eigenvalue weighted by Gasteiger charge is 2.16. The Balaban J connectivity index is 2.41. The highest BCUT2D eigenvalue weighted by atomic mass is 16.5. The maximum absolute atomic E-state index is 10.9. The molecule has 1 aromatic carbocycles. The molecule has 1 aromatic rings. The fourth-order valence-corrected chi connectivity index (χ4v) is 1.94. The summed E-state index contributed by atoms with van der Waals surface area (Å²) in [5.74, 6) is 0.0765. The number of benzene rings is 1. The summed E-state index contributed by atoms with van der Waals surface area (Å²) in [6.45, 7) is 9.50. The molecule has 1 atom stereocenters. The molecule has 4 heteroatoms. The van der Waals surface area contributed by atoms with Crippen molar-refractivity contribution < 1.29 is 14.6 Å². The lowest BCUT2D eigenvalue weighted by Gasteiger charge is -2.21. The molecule has 1 N–H and O–H groups in total. The van der Waals surface area contributed by atoms with Gasteiger partial charge in [0.15, 0.2) is 0 Å². The highest BCUT2D eigenvalue weighted by Crippen LogP contribution is 2.25. The van der Waals surface area contributed by atoms with Crippen LogP contribution in [0.25, 0.3) is 0 Å². The molecule has 0 fully saturated rings. The number of hydrogen-bond acceptors (Lipinski definition) is 3. The molecule has 0 saturated heterocycles. The van der Waals surface area contributed by atoms with Gasteiger partial charge < -0.3 is 9.84 Å². The van der Waals surface area contributed by atoms with Crippen molar-refractivity contribution >= 4 is 5.97 Å². The number of hydrogen-bond donors (Lipinski definition) is 1. The Hall–Kier alpha value is -1.55. The molecule has 0 aliphatic heterocycles. The number of aliphatic carboxylic acids is 1. The van der Waals surface area contributed by atoms with Crippen LogP contribution in [-0.2, 0) is 10.2 Å². The Bertz CT molecular complexity index is 465. The Morgan fingerprint density at radius 3 is 2.62 bits per heavy atom. The SMILES string of the molecule is CC(C(=O)O)N(C)CCCOc1cccc(C(C)(C)C)c1. The van der Waals surface area contributed by atoms with Crippen LogP contribution in [-0.4, -0.2) is 42.2 Å². The number of likely N-dealkylation sites (N-methyl/N-ethyl adjacent to an activating group) is 1. The predicted octanol–water partition coefficient (Wildman–Crippen LogP) is 3.16. The van der Waals surface area contributed by atoms with Crippen molar-refractivity contribution in [3.63, 3.8) is 0 Å². The van der Waals surface area contributed by atoms with E-state index in [9.17, 15) is 4.79 Å². The predicted molar refractivity (Wildman–Crippen MR) is 85.0 cm³/mol. The Morgan fingerprint density at radius 1 is 1.38 bits per heavy atom. The minimum absolute atomic E-state index is 0.108. The van der Waals surface area contributed by atoms with Crippen LogP contribution in [0.15, 0.2) is 24.3 Å². The van der Waals surface area contributed by atoms with Crippen LogP contribution in [0.2, 0.25) is 0 Å². The Morgan fingerprint density at radius 2 is 2.05 bits per heavy atom. The molecule has 0 aliphatic carbocycles. The van der Waals surface area contributed by atoms with E-state index in [4.69, 9.17) is 9.84 Å². The van der Waals surface area contributed by atoms with Crippen LogP contribution < -0.4 is 4.74 Å². The highest BCUT2D eigenvalue weighted by molar-refractivity contribution is 5.72. The third kappa shape index (κ3) is 5.76. The van der Waals surface area contributed by atoms with Gasteiger partial charge in [-0.1, -0.05) is 32.9 Å². The summed E-state index contributed by atoms with van der Waals surface area (Å²) in [6, 6.07) is 7.68. The van der Waals surface area contributed by atoms with E-state index in [-0.39, 0.29) is 5.41 Å². The third-order valence-electron chi connectivity index (χ3n) is 3.64. The summed E-state index contributed by atoms with van der Waals surface area (Å²) in [7, 11) is 1.82. The first-order valence-corrected chi connectivity index (χ1v) is 7.38. The van der Waals surface area contributed by atoms with Gasteiger partial charge in [-0.3, -0.25) is 9.69 Å². The number of carbonyl (C=O) groups is 1. The summed E-state index contributed by atoms with van der Waals surface area (Å²) < 4.78 is 5.76. The normalized spacial score (nSPS) is 13.2. The van der Waals surface area contributed by atoms with E-state index in [1.165, 1.54) is 5.56 Å². The molecular weight excluding hydrogens is 266 g/mol. The second-order valence-corrected chi connectivity index (χ2v) is 6.47. The topological polar surface area (TPSA) is 49.8 Å². The summed E-state index contributed by atoms with van der Waals surface area (Å²) >= 11 is 0. The van der Waals surface area contributed by atoms with Gasteiger partial charge in [0.1, 0.15) is 11.8 Å². The largest absolute Gasteiger partial charge is 0.494 e. The third-order valence-corrected chi connectivity index (χ3v) is 3.64. The van der Waals surface area contributed by atoms with E-state index < -0.39 is 12.0 Å². The van der Waals surface area contributed by atoms with Crippen molar-refractivity contribution in [1.29, 1.82) is 0 Å². The van der Waals surface area contributed by atoms with Crippen molar-refractivity contribution in [2.75, 3.05) is 20.2 Å². The van der Waals surface area contributed by atoms with Gasteiger partial charge in [-0.25, -0.2) is 0 Å². The first-order chi connectivity index (χ1) is 9.71. The van der Waals surface area contributed by atoms with E-state index in [2.05, 4.69) is 32.9 Å². The van der Waals surface area contributed by atoms with E-state index in [0.717, 1.165) is 12.2 Å². The maximum atomic E-state index is 10.9. The van der Waals surface area contributed by atoms with Crippen LogP contribution in [0.5, 0.6) is 5.75 Å². The lowest BCUT2D eigenvalue weighted by Crippen LogP contribution is -2.36. The van der Waals surface area contributed by atoms with Crippen LogP contribution in [0.3, 0.4) is 0 Å². The average molecular weight is 293 g/mol. The molecular formula is C17H27NO3. The van der Waals surface area contributed by atoms with Crippen molar-refractivity contribution in [2.45, 2.75) is 45.6 Å². The number of nitrogens with zero attached hydrogens (tertiary/aromatic N) is 1. The molecule has 1 rings (SSSR count). The van der Waals surface area contributed by atoms with Gasteiger partial charge in [-0.05, 0) is 43.5 Å². The minimum Gasteiger partial charge on any atom is -0.494 e. The molecule has 0 amide bonds. The molecule has 0 bridgehead atoms. The molecule has 0 spiro atoms. The average Bonchev–Trinajstić information content (AvgIpc) is 2.41. The molecule has 118 valence electrons. The quantitative estimate of drug-likeness (QED) is 0.785. The zero-order chi connectivity index (χ0) is 16.0. The Kier molecular flexibility index (Phi) is 6.21. The lowest BCUT2D eigenvalue weighted by atomic mass is 9.87. The first-order valence-electron chi connectivity index (χ1n) is 7.38. The zero-order valence-electron chi connectivity index (χ0n) is 13.7. The van der Waals surface area contributed by atoms with Crippen molar-refractivity contribution in [3.8, 4) is 5.75 Å². The molecule has 21 heavy (non-hydrogen) atoms. The molecule has 0 aliphatic rings. The van der Waals surface area contributed by atoms with Crippen molar-refractivity contribution in [3.05, 3.63) is 29.8 Å². The summed E-state index contributed by atoms with van der Waals surface area (Å²) in [6.07, 6.45) is 0.799. The smallest absolute Gasteiger partial charge is 0.320 e. The van der Waals surface area contributed by atoms with Gasteiger partial charge in [0.2, 0.25) is 0 Å². The molecule has 0 heterocycles. The van der Waals surface area contributed by atoms with Gasteiger partial charge in [0.25, 0.3) is 0 Å². The summed E-state index contributed by atoms with van der Waals surface area (Å²) in [5, 5.41) is 8.92. The monoisotopic (exact) mass is 293 g/mol.